The van der Waals surface area contributed by atoms with Crippen LogP contribution < -0.4 is 15.2 Å². The van der Waals surface area contributed by atoms with Crippen molar-refractivity contribution < 1.29 is 4.79 Å². The molecule has 2 aromatic rings. The van der Waals surface area contributed by atoms with Crippen LogP contribution in [0.2, 0.25) is 0 Å². The van der Waals surface area contributed by atoms with Gasteiger partial charge in [-0.2, -0.15) is 10.1 Å². The number of aromatic nitrogens is 3. The summed E-state index contributed by atoms with van der Waals surface area (Å²) in [4.78, 5) is 30.1. The number of fused-ring (bicyclic) bond motifs is 1. The van der Waals surface area contributed by atoms with E-state index in [1.54, 1.807) is 30.6 Å². The van der Waals surface area contributed by atoms with Gasteiger partial charge >= 0.3 is 0 Å². The lowest BCUT2D eigenvalue weighted by Gasteiger charge is -2.43. The maximum absolute atomic E-state index is 12.9. The van der Waals surface area contributed by atoms with E-state index in [-0.39, 0.29) is 11.9 Å². The summed E-state index contributed by atoms with van der Waals surface area (Å²) in [6.45, 7) is 2.06. The quantitative estimate of drug-likeness (QED) is 0.635. The van der Waals surface area contributed by atoms with E-state index < -0.39 is 0 Å². The van der Waals surface area contributed by atoms with Crippen molar-refractivity contribution in [2.75, 3.05) is 22.3 Å². The first-order valence-electron chi connectivity index (χ1n) is 9.82. The van der Waals surface area contributed by atoms with Crippen molar-refractivity contribution in [3.05, 3.63) is 36.3 Å². The first-order valence-corrected chi connectivity index (χ1v) is 9.82. The molecular weight excluding hydrogens is 354 g/mol. The van der Waals surface area contributed by atoms with E-state index in [2.05, 4.69) is 32.3 Å². The average Bonchev–Trinajstić information content (AvgIpc) is 3.25. The van der Waals surface area contributed by atoms with Crippen LogP contribution >= 0.6 is 0 Å². The summed E-state index contributed by atoms with van der Waals surface area (Å²) in [7, 11) is 1.80. The first kappa shape index (κ1) is 18.3. The summed E-state index contributed by atoms with van der Waals surface area (Å²) in [6.07, 6.45) is 10.4. The van der Waals surface area contributed by atoms with Gasteiger partial charge < -0.3 is 9.80 Å². The standard InChI is InChI=1S/C20H25N7O/c1-3-16-19(28)26(2)17-13-22-20(25-23-12-14-8-6-7-11-21-14)24-18(17)27(16)15-9-4-5-10-15/h6-8,11-13,15-16H,3-5,9-10H2,1-2H3,(H,22,24,25). The monoisotopic (exact) mass is 379 g/mol. The van der Waals surface area contributed by atoms with Crippen molar-refractivity contribution in [1.29, 1.82) is 0 Å². The van der Waals surface area contributed by atoms with E-state index >= 15 is 0 Å². The molecule has 4 rings (SSSR count). The molecule has 1 fully saturated rings. The second-order valence-corrected chi connectivity index (χ2v) is 7.19. The van der Waals surface area contributed by atoms with Gasteiger partial charge in [0.25, 0.3) is 0 Å². The number of pyridine rings is 1. The normalized spacial score (nSPS) is 20.1. The van der Waals surface area contributed by atoms with Gasteiger partial charge in [0.2, 0.25) is 11.9 Å². The molecule has 8 nitrogen and oxygen atoms in total. The zero-order chi connectivity index (χ0) is 19.5. The Morgan fingerprint density at radius 2 is 2.11 bits per heavy atom. The van der Waals surface area contributed by atoms with Gasteiger partial charge in [-0.15, -0.1) is 0 Å². The molecular formula is C20H25N7O. The van der Waals surface area contributed by atoms with E-state index in [0.29, 0.717) is 12.0 Å². The average molecular weight is 379 g/mol. The second kappa shape index (κ2) is 7.92. The Morgan fingerprint density at radius 3 is 2.82 bits per heavy atom. The second-order valence-electron chi connectivity index (χ2n) is 7.19. The Bertz CT molecular complexity index is 864. The molecule has 1 aliphatic heterocycles. The molecule has 1 unspecified atom stereocenters. The summed E-state index contributed by atoms with van der Waals surface area (Å²) in [6, 6.07) is 5.80. The van der Waals surface area contributed by atoms with Crippen molar-refractivity contribution in [3.8, 4) is 0 Å². The Hall–Kier alpha value is -3.03. The van der Waals surface area contributed by atoms with E-state index in [9.17, 15) is 4.79 Å². The van der Waals surface area contributed by atoms with Gasteiger partial charge in [-0.25, -0.2) is 10.4 Å². The van der Waals surface area contributed by atoms with Crippen LogP contribution in [0, 0.1) is 0 Å². The van der Waals surface area contributed by atoms with Crippen molar-refractivity contribution in [3.63, 3.8) is 0 Å². The minimum Gasteiger partial charge on any atom is -0.340 e. The fourth-order valence-electron chi connectivity index (χ4n) is 4.05. The maximum atomic E-state index is 12.9. The van der Waals surface area contributed by atoms with Gasteiger partial charge in [-0.3, -0.25) is 9.78 Å². The van der Waals surface area contributed by atoms with E-state index in [0.717, 1.165) is 36.5 Å². The molecule has 0 radical (unpaired) electrons. The summed E-state index contributed by atoms with van der Waals surface area (Å²) in [5, 5.41) is 4.19. The van der Waals surface area contributed by atoms with Crippen molar-refractivity contribution in [2.45, 2.75) is 51.1 Å². The smallest absolute Gasteiger partial charge is 0.249 e. The zero-order valence-corrected chi connectivity index (χ0v) is 16.2. The van der Waals surface area contributed by atoms with Gasteiger partial charge in [0.05, 0.1) is 18.1 Å². The summed E-state index contributed by atoms with van der Waals surface area (Å²) >= 11 is 0. The number of likely N-dealkylation sites (N-methyl/N-ethyl adjacent to an activating group) is 1. The third kappa shape index (κ3) is 3.42. The predicted octanol–water partition coefficient (Wildman–Crippen LogP) is 2.82. The lowest BCUT2D eigenvalue weighted by Crippen LogP contribution is -2.55. The van der Waals surface area contributed by atoms with Crippen LogP contribution in [0.4, 0.5) is 17.5 Å². The lowest BCUT2D eigenvalue weighted by molar-refractivity contribution is -0.120. The number of amides is 1. The zero-order valence-electron chi connectivity index (χ0n) is 16.2. The van der Waals surface area contributed by atoms with Crippen LogP contribution in [-0.2, 0) is 4.79 Å². The number of nitrogens with one attached hydrogen (secondary N) is 1. The topological polar surface area (TPSA) is 86.6 Å². The molecule has 0 bridgehead atoms. The first-order chi connectivity index (χ1) is 13.7. The van der Waals surface area contributed by atoms with Gasteiger partial charge in [-0.1, -0.05) is 25.8 Å². The minimum atomic E-state index is -0.180. The van der Waals surface area contributed by atoms with Crippen molar-refractivity contribution >= 4 is 29.6 Å². The highest BCUT2D eigenvalue weighted by atomic mass is 16.2. The third-order valence-corrected chi connectivity index (χ3v) is 5.46. The molecule has 8 heteroatoms. The number of hydrogen-bond donors (Lipinski definition) is 1. The van der Waals surface area contributed by atoms with Gasteiger partial charge in [-0.05, 0) is 31.4 Å². The van der Waals surface area contributed by atoms with Gasteiger partial charge in [0.1, 0.15) is 11.7 Å². The summed E-state index contributed by atoms with van der Waals surface area (Å²) < 4.78 is 0. The molecule has 2 aliphatic rings. The maximum Gasteiger partial charge on any atom is 0.249 e. The van der Waals surface area contributed by atoms with E-state index in [1.165, 1.54) is 12.8 Å². The molecule has 1 amide bonds. The largest absolute Gasteiger partial charge is 0.340 e. The van der Waals surface area contributed by atoms with Gasteiger partial charge in [0, 0.05) is 19.3 Å². The van der Waals surface area contributed by atoms with E-state index in [4.69, 9.17) is 4.98 Å². The van der Waals surface area contributed by atoms with Crippen LogP contribution in [0.3, 0.4) is 0 Å². The van der Waals surface area contributed by atoms with Crippen molar-refractivity contribution in [1.82, 2.24) is 15.0 Å². The number of anilines is 3. The predicted molar refractivity (Wildman–Crippen MR) is 110 cm³/mol. The molecule has 0 spiro atoms. The highest BCUT2D eigenvalue weighted by Gasteiger charge is 2.41. The Labute approximate surface area is 164 Å². The van der Waals surface area contributed by atoms with Crippen LogP contribution in [0.5, 0.6) is 0 Å². The number of nitrogens with zero attached hydrogens (tertiary/aromatic N) is 6. The molecule has 1 saturated carbocycles. The number of hydrazone groups is 1. The lowest BCUT2D eigenvalue weighted by atomic mass is 10.0. The van der Waals surface area contributed by atoms with Gasteiger partial charge in [0.15, 0.2) is 5.82 Å². The highest BCUT2D eigenvalue weighted by molar-refractivity contribution is 6.04. The molecule has 1 aliphatic carbocycles. The summed E-state index contributed by atoms with van der Waals surface area (Å²) in [5.41, 5.74) is 4.39. The number of carbonyl (C=O) groups is 1. The number of carbonyl (C=O) groups excluding carboxylic acids is 1. The van der Waals surface area contributed by atoms with E-state index in [1.807, 2.05) is 18.2 Å². The molecule has 1 N–H and O–H groups in total. The fraction of sp³-hybridized carbons (Fsp3) is 0.450. The van der Waals surface area contributed by atoms with Crippen LogP contribution in [-0.4, -0.2) is 46.2 Å². The third-order valence-electron chi connectivity index (χ3n) is 5.46. The Kier molecular flexibility index (Phi) is 5.18. The Balaban J connectivity index is 1.64. The van der Waals surface area contributed by atoms with Crippen LogP contribution in [0.25, 0.3) is 0 Å². The molecule has 146 valence electrons. The molecule has 1 atom stereocenters. The molecule has 3 heterocycles. The van der Waals surface area contributed by atoms with Crippen LogP contribution in [0.1, 0.15) is 44.7 Å². The van der Waals surface area contributed by atoms with Crippen molar-refractivity contribution in [2.24, 2.45) is 5.10 Å². The highest BCUT2D eigenvalue weighted by Crippen LogP contribution is 2.39. The molecule has 0 saturated heterocycles. The number of rotatable bonds is 5. The Morgan fingerprint density at radius 1 is 1.29 bits per heavy atom. The minimum absolute atomic E-state index is 0.111. The fourth-order valence-corrected chi connectivity index (χ4v) is 4.05. The molecule has 28 heavy (non-hydrogen) atoms. The molecule has 0 aromatic carbocycles. The number of hydrogen-bond acceptors (Lipinski definition) is 7. The molecule has 2 aromatic heterocycles. The SMILES string of the molecule is CCC1C(=O)N(C)c2cnc(NN=Cc3ccccn3)nc2N1C1CCCC1. The summed E-state index contributed by atoms with van der Waals surface area (Å²) in [5.74, 6) is 1.33. The van der Waals surface area contributed by atoms with Crippen LogP contribution in [0.15, 0.2) is 35.7 Å².